The molecular formula is C36H31NS. The fraction of sp³-hybridized carbons (Fsp3) is 0.194. The average molecular weight is 510 g/mol. The third-order valence-corrected chi connectivity index (χ3v) is 9.65. The monoisotopic (exact) mass is 509 g/mol. The molecule has 0 bridgehead atoms. The molecule has 0 radical (unpaired) electrons. The Hall–Kier alpha value is -3.62. The van der Waals surface area contributed by atoms with Gasteiger partial charge in [0.25, 0.3) is 0 Å². The summed E-state index contributed by atoms with van der Waals surface area (Å²) in [7, 11) is 0. The maximum atomic E-state index is 5.12. The van der Waals surface area contributed by atoms with Crippen molar-refractivity contribution in [2.24, 2.45) is 4.99 Å². The highest BCUT2D eigenvalue weighted by molar-refractivity contribution is 8.00. The molecule has 2 atom stereocenters. The molecule has 186 valence electrons. The molecular weight excluding hydrogens is 478 g/mol. The zero-order chi connectivity index (χ0) is 25.3. The van der Waals surface area contributed by atoms with E-state index in [9.17, 15) is 0 Å². The van der Waals surface area contributed by atoms with Gasteiger partial charge >= 0.3 is 0 Å². The molecule has 38 heavy (non-hydrogen) atoms. The maximum absolute atomic E-state index is 5.12. The lowest BCUT2D eigenvalue weighted by molar-refractivity contribution is 0.812. The standard InChI is InChI=1S/C36H31NS/c1-2-9-27(10-3-1)30-11-4-6-15-34(30)37-29-23-21-26(22-24-29)25-17-19-28(20-18-25)31-13-8-14-33-32-12-5-7-16-35(32)38-36(31)33/h1-17,19,21,33,36H,18,20,22-24H2. The van der Waals surface area contributed by atoms with Crippen LogP contribution in [0, 0.1) is 0 Å². The van der Waals surface area contributed by atoms with Gasteiger partial charge in [0, 0.05) is 33.8 Å². The van der Waals surface area contributed by atoms with E-state index >= 15 is 0 Å². The molecule has 0 saturated carbocycles. The summed E-state index contributed by atoms with van der Waals surface area (Å²) in [6.07, 6.45) is 19.6. The zero-order valence-electron chi connectivity index (χ0n) is 21.5. The Bertz CT molecular complexity index is 1560. The zero-order valence-corrected chi connectivity index (χ0v) is 22.3. The Labute approximate surface area is 230 Å². The van der Waals surface area contributed by atoms with Crippen molar-refractivity contribution in [3.8, 4) is 11.1 Å². The van der Waals surface area contributed by atoms with Crippen LogP contribution in [0.25, 0.3) is 11.1 Å². The van der Waals surface area contributed by atoms with Crippen molar-refractivity contribution in [2.45, 2.75) is 48.2 Å². The van der Waals surface area contributed by atoms with Crippen LogP contribution in [0.1, 0.15) is 43.6 Å². The van der Waals surface area contributed by atoms with Crippen molar-refractivity contribution in [1.82, 2.24) is 0 Å². The van der Waals surface area contributed by atoms with Crippen LogP contribution in [0.2, 0.25) is 0 Å². The van der Waals surface area contributed by atoms with E-state index in [4.69, 9.17) is 4.99 Å². The summed E-state index contributed by atoms with van der Waals surface area (Å²) in [5.74, 6) is 0.508. The molecule has 1 aliphatic heterocycles. The average Bonchev–Trinajstić information content (AvgIpc) is 3.38. The van der Waals surface area contributed by atoms with Crippen LogP contribution in [-0.4, -0.2) is 11.0 Å². The van der Waals surface area contributed by atoms with E-state index in [1.54, 1.807) is 0 Å². The lowest BCUT2D eigenvalue weighted by Gasteiger charge is -2.27. The van der Waals surface area contributed by atoms with E-state index in [2.05, 4.69) is 115 Å². The Kier molecular flexibility index (Phi) is 6.35. The van der Waals surface area contributed by atoms with Gasteiger partial charge in [-0.1, -0.05) is 103 Å². The quantitative estimate of drug-likeness (QED) is 0.341. The van der Waals surface area contributed by atoms with Gasteiger partial charge in [-0.3, -0.25) is 4.99 Å². The van der Waals surface area contributed by atoms with Gasteiger partial charge in [-0.05, 0) is 71.2 Å². The molecule has 2 heteroatoms. The van der Waals surface area contributed by atoms with E-state index < -0.39 is 0 Å². The number of para-hydroxylation sites is 1. The molecule has 2 unspecified atom stereocenters. The van der Waals surface area contributed by atoms with Crippen LogP contribution < -0.4 is 0 Å². The van der Waals surface area contributed by atoms with Crippen LogP contribution in [0.3, 0.4) is 0 Å². The SMILES string of the molecule is C1=CC2c3ccccc3SC2C(C2=CC=C(C3=CCC(=Nc4ccccc4-c4ccccc4)CC3)CC2)=C1. The summed E-state index contributed by atoms with van der Waals surface area (Å²) < 4.78 is 0. The largest absolute Gasteiger partial charge is 0.257 e. The highest BCUT2D eigenvalue weighted by Crippen LogP contribution is 2.52. The number of aliphatic imine (C=N–C) groups is 1. The third kappa shape index (κ3) is 4.48. The number of benzene rings is 3. The van der Waals surface area contributed by atoms with Crippen molar-refractivity contribution < 1.29 is 0 Å². The molecule has 0 aromatic heterocycles. The highest BCUT2D eigenvalue weighted by Gasteiger charge is 2.36. The second-order valence-electron chi connectivity index (χ2n) is 10.5. The normalized spacial score (nSPS) is 23.2. The second kappa shape index (κ2) is 10.3. The Morgan fingerprint density at radius 2 is 1.45 bits per heavy atom. The van der Waals surface area contributed by atoms with E-state index in [0.29, 0.717) is 11.2 Å². The van der Waals surface area contributed by atoms with E-state index in [1.165, 1.54) is 49.6 Å². The molecule has 7 rings (SSSR count). The molecule has 4 aliphatic rings. The van der Waals surface area contributed by atoms with Crippen molar-refractivity contribution in [3.63, 3.8) is 0 Å². The summed E-state index contributed by atoms with van der Waals surface area (Å²) in [5, 5.41) is 0.519. The van der Waals surface area contributed by atoms with Gasteiger partial charge in [0.05, 0.1) is 5.69 Å². The molecule has 0 N–H and O–H groups in total. The van der Waals surface area contributed by atoms with Gasteiger partial charge in [0.1, 0.15) is 0 Å². The maximum Gasteiger partial charge on any atom is 0.0707 e. The molecule has 0 saturated heterocycles. The molecule has 3 aliphatic carbocycles. The van der Waals surface area contributed by atoms with Crippen LogP contribution in [0.15, 0.2) is 147 Å². The smallest absolute Gasteiger partial charge is 0.0707 e. The van der Waals surface area contributed by atoms with Crippen LogP contribution in [0.4, 0.5) is 5.69 Å². The minimum absolute atomic E-state index is 0.508. The molecule has 3 aromatic rings. The van der Waals surface area contributed by atoms with Crippen LogP contribution in [-0.2, 0) is 0 Å². The number of allylic oxidation sites excluding steroid dienone is 9. The van der Waals surface area contributed by atoms with Crippen molar-refractivity contribution in [3.05, 3.63) is 143 Å². The second-order valence-corrected chi connectivity index (χ2v) is 11.7. The summed E-state index contributed by atoms with van der Waals surface area (Å²) >= 11 is 2.05. The molecule has 0 fully saturated rings. The van der Waals surface area contributed by atoms with Crippen molar-refractivity contribution in [1.29, 1.82) is 0 Å². The minimum Gasteiger partial charge on any atom is -0.257 e. The Morgan fingerprint density at radius 3 is 2.29 bits per heavy atom. The van der Waals surface area contributed by atoms with Crippen LogP contribution in [0.5, 0.6) is 0 Å². The van der Waals surface area contributed by atoms with E-state index in [-0.39, 0.29) is 0 Å². The molecule has 1 heterocycles. The molecule has 0 spiro atoms. The first-order chi connectivity index (χ1) is 18.8. The molecule has 0 amide bonds. The van der Waals surface area contributed by atoms with Gasteiger partial charge in [0.15, 0.2) is 0 Å². The first-order valence-corrected chi connectivity index (χ1v) is 14.7. The van der Waals surface area contributed by atoms with Crippen LogP contribution >= 0.6 is 11.8 Å². The minimum atomic E-state index is 0.508. The van der Waals surface area contributed by atoms with Gasteiger partial charge in [-0.15, -0.1) is 11.8 Å². The third-order valence-electron chi connectivity index (χ3n) is 8.23. The number of hydrogen-bond acceptors (Lipinski definition) is 2. The van der Waals surface area contributed by atoms with Gasteiger partial charge in [-0.2, -0.15) is 0 Å². The fourth-order valence-electron chi connectivity index (χ4n) is 6.23. The van der Waals surface area contributed by atoms with Gasteiger partial charge in [-0.25, -0.2) is 0 Å². The van der Waals surface area contributed by atoms with E-state index in [0.717, 1.165) is 37.8 Å². The first-order valence-electron chi connectivity index (χ1n) is 13.8. The highest BCUT2D eigenvalue weighted by atomic mass is 32.2. The van der Waals surface area contributed by atoms with Crippen molar-refractivity contribution in [2.75, 3.05) is 0 Å². The number of nitrogens with zero attached hydrogens (tertiary/aromatic N) is 1. The lowest BCUT2D eigenvalue weighted by atomic mass is 9.80. The predicted molar refractivity (Wildman–Crippen MR) is 162 cm³/mol. The number of fused-ring (bicyclic) bond motifs is 3. The summed E-state index contributed by atoms with van der Waals surface area (Å²) in [4.78, 5) is 6.57. The van der Waals surface area contributed by atoms with Crippen molar-refractivity contribution >= 4 is 23.2 Å². The molecule has 1 nitrogen and oxygen atoms in total. The number of hydrogen-bond donors (Lipinski definition) is 0. The van der Waals surface area contributed by atoms with E-state index in [1.807, 2.05) is 11.8 Å². The van der Waals surface area contributed by atoms with Gasteiger partial charge < -0.3 is 0 Å². The predicted octanol–water partition coefficient (Wildman–Crippen LogP) is 9.94. The Morgan fingerprint density at radius 1 is 0.684 bits per heavy atom. The number of rotatable bonds is 4. The topological polar surface area (TPSA) is 12.4 Å². The number of thioether (sulfide) groups is 1. The van der Waals surface area contributed by atoms with Gasteiger partial charge in [0.2, 0.25) is 0 Å². The summed E-state index contributed by atoms with van der Waals surface area (Å²) in [6, 6.07) is 28.0. The summed E-state index contributed by atoms with van der Waals surface area (Å²) in [5.41, 5.74) is 12.4. The summed E-state index contributed by atoms with van der Waals surface area (Å²) in [6.45, 7) is 0. The lowest BCUT2D eigenvalue weighted by Crippen LogP contribution is -2.16. The first kappa shape index (κ1) is 23.5. The fourth-order valence-corrected chi connectivity index (χ4v) is 7.74. The molecule has 3 aromatic carbocycles. The Balaban J connectivity index is 1.07.